The van der Waals surface area contributed by atoms with E-state index in [0.29, 0.717) is 11.3 Å². The lowest BCUT2D eigenvalue weighted by Crippen LogP contribution is -2.30. The number of hydrogen-bond acceptors (Lipinski definition) is 5. The Morgan fingerprint density at radius 2 is 1.72 bits per heavy atom. The summed E-state index contributed by atoms with van der Waals surface area (Å²) in [6.45, 7) is 9.32. The SMILES string of the molecule is CC(=O)Oc1c(C)c(C)c2c(c1C)C=C(C(=O)Nc1ccccc1N1CCCCC1)CO2. The number of nitrogens with zero attached hydrogens (tertiary/aromatic N) is 1. The molecule has 2 heterocycles. The van der Waals surface area contributed by atoms with E-state index in [-0.39, 0.29) is 18.5 Å². The van der Waals surface area contributed by atoms with Crippen molar-refractivity contribution in [3.05, 3.63) is 52.1 Å². The number of carbonyl (C=O) groups excluding carboxylic acids is 2. The summed E-state index contributed by atoms with van der Waals surface area (Å²) in [7, 11) is 0. The van der Waals surface area contributed by atoms with Crippen molar-refractivity contribution >= 4 is 29.3 Å². The van der Waals surface area contributed by atoms with Gasteiger partial charge in [-0.25, -0.2) is 0 Å². The Hall–Kier alpha value is -3.28. The van der Waals surface area contributed by atoms with Crippen LogP contribution in [-0.4, -0.2) is 31.6 Å². The van der Waals surface area contributed by atoms with Crippen molar-refractivity contribution in [2.45, 2.75) is 47.0 Å². The van der Waals surface area contributed by atoms with Crippen LogP contribution in [0.5, 0.6) is 11.5 Å². The van der Waals surface area contributed by atoms with E-state index in [1.54, 1.807) is 0 Å². The first-order valence-electron chi connectivity index (χ1n) is 11.2. The third-order valence-electron chi connectivity index (χ3n) is 6.31. The molecule has 0 bridgehead atoms. The number of nitrogens with one attached hydrogen (secondary N) is 1. The summed E-state index contributed by atoms with van der Waals surface area (Å²) in [6, 6.07) is 7.94. The van der Waals surface area contributed by atoms with E-state index in [2.05, 4.69) is 16.3 Å². The second kappa shape index (κ2) is 9.07. The Balaban J connectivity index is 1.64. The van der Waals surface area contributed by atoms with Crippen LogP contribution in [0.2, 0.25) is 0 Å². The molecule has 1 amide bonds. The largest absolute Gasteiger partial charge is 0.488 e. The van der Waals surface area contributed by atoms with Gasteiger partial charge in [0.1, 0.15) is 18.1 Å². The fourth-order valence-electron chi connectivity index (χ4n) is 4.46. The maximum atomic E-state index is 13.2. The number of anilines is 2. The summed E-state index contributed by atoms with van der Waals surface area (Å²) in [5, 5.41) is 3.09. The van der Waals surface area contributed by atoms with Crippen molar-refractivity contribution in [2.75, 3.05) is 29.9 Å². The van der Waals surface area contributed by atoms with Crippen molar-refractivity contribution < 1.29 is 19.1 Å². The number of carbonyl (C=O) groups is 2. The normalized spacial score (nSPS) is 15.4. The fourth-order valence-corrected chi connectivity index (χ4v) is 4.46. The Bertz CT molecular complexity index is 1100. The van der Waals surface area contributed by atoms with Crippen molar-refractivity contribution in [1.82, 2.24) is 0 Å². The predicted molar refractivity (Wildman–Crippen MR) is 127 cm³/mol. The molecule has 2 aliphatic rings. The predicted octanol–water partition coefficient (Wildman–Crippen LogP) is 4.94. The van der Waals surface area contributed by atoms with Crippen molar-refractivity contribution in [3.8, 4) is 11.5 Å². The molecule has 32 heavy (non-hydrogen) atoms. The van der Waals surface area contributed by atoms with Gasteiger partial charge in [0.15, 0.2) is 0 Å². The molecule has 2 aromatic carbocycles. The van der Waals surface area contributed by atoms with Gasteiger partial charge >= 0.3 is 5.97 Å². The Kier molecular flexibility index (Phi) is 6.21. The molecule has 6 heteroatoms. The maximum Gasteiger partial charge on any atom is 0.308 e. The highest BCUT2D eigenvalue weighted by Gasteiger charge is 2.26. The molecule has 0 aromatic heterocycles. The van der Waals surface area contributed by atoms with E-state index in [9.17, 15) is 9.59 Å². The van der Waals surface area contributed by atoms with Crippen LogP contribution < -0.4 is 19.7 Å². The first-order chi connectivity index (χ1) is 15.4. The number of amides is 1. The lowest BCUT2D eigenvalue weighted by Gasteiger charge is -2.30. The van der Waals surface area contributed by atoms with Crippen LogP contribution in [0, 0.1) is 20.8 Å². The third kappa shape index (κ3) is 4.22. The number of para-hydroxylation sites is 2. The number of ether oxygens (including phenoxy) is 2. The van der Waals surface area contributed by atoms with Crippen LogP contribution in [0.3, 0.4) is 0 Å². The Morgan fingerprint density at radius 1 is 1.00 bits per heavy atom. The molecule has 0 radical (unpaired) electrons. The molecule has 2 aliphatic heterocycles. The molecule has 0 saturated carbocycles. The molecule has 0 atom stereocenters. The van der Waals surface area contributed by atoms with Gasteiger partial charge in [-0.2, -0.15) is 0 Å². The third-order valence-corrected chi connectivity index (χ3v) is 6.31. The highest BCUT2D eigenvalue weighted by atomic mass is 16.5. The van der Waals surface area contributed by atoms with Gasteiger partial charge in [0, 0.05) is 31.1 Å². The van der Waals surface area contributed by atoms with Crippen LogP contribution in [0.1, 0.15) is 48.4 Å². The molecule has 1 saturated heterocycles. The number of esters is 1. The molecule has 0 unspecified atom stereocenters. The van der Waals surface area contributed by atoms with E-state index in [0.717, 1.165) is 52.5 Å². The molecule has 0 spiro atoms. The van der Waals surface area contributed by atoms with E-state index in [1.807, 2.05) is 45.0 Å². The van der Waals surface area contributed by atoms with E-state index >= 15 is 0 Å². The van der Waals surface area contributed by atoms with E-state index in [4.69, 9.17) is 9.47 Å². The molecule has 1 N–H and O–H groups in total. The number of piperidine rings is 1. The van der Waals surface area contributed by atoms with Crippen LogP contribution in [0.15, 0.2) is 29.8 Å². The molecule has 168 valence electrons. The second-order valence-corrected chi connectivity index (χ2v) is 8.52. The number of rotatable bonds is 4. The highest BCUT2D eigenvalue weighted by molar-refractivity contribution is 6.09. The minimum absolute atomic E-state index is 0.188. The van der Waals surface area contributed by atoms with Gasteiger partial charge in [0.2, 0.25) is 0 Å². The average Bonchev–Trinajstić information content (AvgIpc) is 2.81. The van der Waals surface area contributed by atoms with Gasteiger partial charge in [-0.15, -0.1) is 0 Å². The highest BCUT2D eigenvalue weighted by Crippen LogP contribution is 2.41. The van der Waals surface area contributed by atoms with Crippen LogP contribution in [0.4, 0.5) is 11.4 Å². The summed E-state index contributed by atoms with van der Waals surface area (Å²) >= 11 is 0. The smallest absolute Gasteiger partial charge is 0.308 e. The molecule has 1 fully saturated rings. The summed E-state index contributed by atoms with van der Waals surface area (Å²) in [5.74, 6) is 0.710. The zero-order valence-corrected chi connectivity index (χ0v) is 19.2. The van der Waals surface area contributed by atoms with Gasteiger partial charge in [0.05, 0.1) is 16.9 Å². The van der Waals surface area contributed by atoms with Gasteiger partial charge in [-0.3, -0.25) is 9.59 Å². The van der Waals surface area contributed by atoms with Gasteiger partial charge in [-0.1, -0.05) is 12.1 Å². The second-order valence-electron chi connectivity index (χ2n) is 8.52. The van der Waals surface area contributed by atoms with E-state index in [1.165, 1.54) is 26.2 Å². The summed E-state index contributed by atoms with van der Waals surface area (Å²) in [4.78, 5) is 27.1. The Labute approximate surface area is 189 Å². The summed E-state index contributed by atoms with van der Waals surface area (Å²) in [6.07, 6.45) is 5.44. The first-order valence-corrected chi connectivity index (χ1v) is 11.2. The fraction of sp³-hybridized carbons (Fsp3) is 0.385. The lowest BCUT2D eigenvalue weighted by atomic mass is 9.94. The number of fused-ring (bicyclic) bond motifs is 1. The quantitative estimate of drug-likeness (QED) is 0.545. The monoisotopic (exact) mass is 434 g/mol. The van der Waals surface area contributed by atoms with Crippen LogP contribution >= 0.6 is 0 Å². The molecule has 0 aliphatic carbocycles. The zero-order valence-electron chi connectivity index (χ0n) is 19.2. The van der Waals surface area contributed by atoms with Crippen molar-refractivity contribution in [2.24, 2.45) is 0 Å². The van der Waals surface area contributed by atoms with Gasteiger partial charge in [0.25, 0.3) is 5.91 Å². The van der Waals surface area contributed by atoms with Crippen LogP contribution in [0.25, 0.3) is 6.08 Å². The number of hydrogen-bond donors (Lipinski definition) is 1. The van der Waals surface area contributed by atoms with Crippen molar-refractivity contribution in [3.63, 3.8) is 0 Å². The van der Waals surface area contributed by atoms with Crippen molar-refractivity contribution in [1.29, 1.82) is 0 Å². The maximum absolute atomic E-state index is 13.2. The molecular formula is C26H30N2O4. The van der Waals surface area contributed by atoms with Gasteiger partial charge in [-0.05, 0) is 69.4 Å². The average molecular weight is 435 g/mol. The topological polar surface area (TPSA) is 67.9 Å². The molecule has 6 nitrogen and oxygen atoms in total. The lowest BCUT2D eigenvalue weighted by molar-refractivity contribution is -0.132. The standard InChI is InChI=1S/C26H30N2O4/c1-16-17(2)25-21(18(3)24(16)32-19(4)29)14-20(15-31-25)26(30)27-22-10-6-7-11-23(22)28-12-8-5-9-13-28/h6-7,10-11,14H,5,8-9,12-13,15H2,1-4H3,(H,27,30). The zero-order chi connectivity index (χ0) is 22.8. The number of benzene rings is 2. The Morgan fingerprint density at radius 3 is 2.44 bits per heavy atom. The summed E-state index contributed by atoms with van der Waals surface area (Å²) in [5.41, 5.74) is 5.75. The summed E-state index contributed by atoms with van der Waals surface area (Å²) < 4.78 is 11.5. The molecule has 2 aromatic rings. The molecular weight excluding hydrogens is 404 g/mol. The molecule has 4 rings (SSSR count). The minimum Gasteiger partial charge on any atom is -0.488 e. The van der Waals surface area contributed by atoms with Crippen LogP contribution in [-0.2, 0) is 9.59 Å². The first kappa shape index (κ1) is 21.9. The minimum atomic E-state index is -0.372. The van der Waals surface area contributed by atoms with E-state index < -0.39 is 0 Å². The van der Waals surface area contributed by atoms with Gasteiger partial charge < -0.3 is 19.7 Å².